The number of aliphatic hydroxyl groups excluding tert-OH is 1. The maximum absolute atomic E-state index is 10.0. The third kappa shape index (κ3) is 4.39. The average molecular weight is 523 g/mol. The summed E-state index contributed by atoms with van der Waals surface area (Å²) < 4.78 is 0. The monoisotopic (exact) mass is 522 g/mol. The second-order valence-electron chi connectivity index (χ2n) is 7.43. The number of pyridine rings is 1. The van der Waals surface area contributed by atoms with Crippen LogP contribution in [-0.4, -0.2) is 39.3 Å². The fraction of sp³-hybridized carbons (Fsp3) is 0.174. The van der Waals surface area contributed by atoms with Crippen LogP contribution in [-0.2, 0) is 5.75 Å². The summed E-state index contributed by atoms with van der Waals surface area (Å²) in [6.45, 7) is 8.61. The molecule has 3 aromatic heterocycles. The quantitative estimate of drug-likeness (QED) is 0.250. The molecule has 168 valence electrons. The highest BCUT2D eigenvalue weighted by atomic mass is 35.5. The average Bonchev–Trinajstić information content (AvgIpc) is 3.52. The van der Waals surface area contributed by atoms with Crippen LogP contribution in [0, 0.1) is 17.9 Å². The van der Waals surface area contributed by atoms with Gasteiger partial charge in [0.2, 0.25) is 5.69 Å². The lowest BCUT2D eigenvalue weighted by molar-refractivity contribution is 0.141. The van der Waals surface area contributed by atoms with Gasteiger partial charge in [-0.1, -0.05) is 35.5 Å². The van der Waals surface area contributed by atoms with Gasteiger partial charge in [0.15, 0.2) is 0 Å². The number of thioether (sulfide) groups is 1. The summed E-state index contributed by atoms with van der Waals surface area (Å²) in [5.41, 5.74) is 4.77. The van der Waals surface area contributed by atoms with Crippen LogP contribution < -0.4 is 4.90 Å². The number of thiazole rings is 2. The van der Waals surface area contributed by atoms with Gasteiger partial charge in [0.25, 0.3) is 0 Å². The fourth-order valence-corrected chi connectivity index (χ4v) is 6.13. The standard InChI is InChI=1S/C23H15ClN6OS3/c1-26-20-19(18-7-27-12-34-18)17(6-25)23(29-21(20)30-8-16(31)9-30)33-11-15-10-32-22(28-15)13-2-4-14(24)5-3-13/h2-5,7,10,12,16,31H,8-9,11H2. The minimum atomic E-state index is -0.444. The van der Waals surface area contributed by atoms with Gasteiger partial charge in [-0.15, -0.1) is 22.7 Å². The van der Waals surface area contributed by atoms with E-state index in [1.165, 1.54) is 23.1 Å². The SMILES string of the molecule is [C-]#[N+]c1c(N2CC(O)C2)nc(SCc2csc(-c3ccc(Cl)cc3)n2)c(C#N)c1-c1cncs1. The molecule has 7 nitrogen and oxygen atoms in total. The van der Waals surface area contributed by atoms with Crippen LogP contribution >= 0.6 is 46.0 Å². The Morgan fingerprint density at radius 1 is 1.26 bits per heavy atom. The van der Waals surface area contributed by atoms with Crippen LogP contribution in [0.5, 0.6) is 0 Å². The van der Waals surface area contributed by atoms with Crippen molar-refractivity contribution in [3.63, 3.8) is 0 Å². The lowest BCUT2D eigenvalue weighted by atomic mass is 10.1. The molecule has 0 aliphatic carbocycles. The Bertz CT molecular complexity index is 1420. The zero-order chi connectivity index (χ0) is 23.7. The number of aromatic nitrogens is 3. The summed E-state index contributed by atoms with van der Waals surface area (Å²) >= 11 is 10.3. The summed E-state index contributed by atoms with van der Waals surface area (Å²) in [6.07, 6.45) is 1.22. The molecule has 5 rings (SSSR count). The summed E-state index contributed by atoms with van der Waals surface area (Å²) in [7, 11) is 0. The molecule has 1 saturated heterocycles. The number of aliphatic hydroxyl groups is 1. The van der Waals surface area contributed by atoms with Crippen LogP contribution in [0.3, 0.4) is 0 Å². The van der Waals surface area contributed by atoms with Crippen LogP contribution in [0.25, 0.3) is 25.9 Å². The number of rotatable bonds is 6. The molecule has 0 spiro atoms. The number of halogens is 1. The number of benzene rings is 1. The molecule has 1 aliphatic heterocycles. The van der Waals surface area contributed by atoms with Gasteiger partial charge in [0, 0.05) is 51.4 Å². The Hall–Kier alpha value is -2.99. The Labute approximate surface area is 213 Å². The molecule has 1 N–H and O–H groups in total. The predicted molar refractivity (Wildman–Crippen MR) is 137 cm³/mol. The van der Waals surface area contributed by atoms with Gasteiger partial charge < -0.3 is 10.0 Å². The highest BCUT2D eigenvalue weighted by Gasteiger charge is 2.31. The van der Waals surface area contributed by atoms with Crippen molar-refractivity contribution >= 4 is 57.5 Å². The molecule has 1 aliphatic rings. The van der Waals surface area contributed by atoms with E-state index in [0.717, 1.165) is 21.1 Å². The van der Waals surface area contributed by atoms with Gasteiger partial charge in [-0.3, -0.25) is 4.98 Å². The maximum atomic E-state index is 10.0. The molecule has 0 atom stereocenters. The van der Waals surface area contributed by atoms with Crippen LogP contribution in [0.4, 0.5) is 11.5 Å². The van der Waals surface area contributed by atoms with Crippen molar-refractivity contribution in [2.24, 2.45) is 0 Å². The van der Waals surface area contributed by atoms with Crippen molar-refractivity contribution in [2.75, 3.05) is 18.0 Å². The molecule has 1 aromatic carbocycles. The van der Waals surface area contributed by atoms with E-state index in [2.05, 4.69) is 15.9 Å². The van der Waals surface area contributed by atoms with Crippen molar-refractivity contribution in [1.82, 2.24) is 15.0 Å². The molecule has 4 aromatic rings. The third-order valence-corrected chi connectivity index (χ3v) is 8.18. The van der Waals surface area contributed by atoms with Gasteiger partial charge in [0.1, 0.15) is 21.9 Å². The molecule has 0 amide bonds. The Morgan fingerprint density at radius 2 is 2.06 bits per heavy atom. The zero-order valence-corrected chi connectivity index (χ0v) is 20.7. The van der Waals surface area contributed by atoms with Crippen LogP contribution in [0.1, 0.15) is 11.3 Å². The first-order valence-electron chi connectivity index (χ1n) is 10.1. The molecule has 0 bridgehead atoms. The Balaban J connectivity index is 1.50. The van der Waals surface area contributed by atoms with Crippen molar-refractivity contribution in [3.8, 4) is 27.1 Å². The molecular formula is C23H15ClN6OS3. The highest BCUT2D eigenvalue weighted by molar-refractivity contribution is 7.98. The smallest absolute Gasteiger partial charge is 0.238 e. The maximum Gasteiger partial charge on any atom is 0.238 e. The highest BCUT2D eigenvalue weighted by Crippen LogP contribution is 2.46. The van der Waals surface area contributed by atoms with Gasteiger partial charge in [0.05, 0.1) is 29.4 Å². The van der Waals surface area contributed by atoms with E-state index in [1.807, 2.05) is 34.5 Å². The molecular weight excluding hydrogens is 508 g/mol. The lowest BCUT2D eigenvalue weighted by Crippen LogP contribution is -2.51. The molecule has 0 radical (unpaired) electrons. The molecule has 0 unspecified atom stereocenters. The molecule has 1 fully saturated rings. The second kappa shape index (κ2) is 9.71. The van der Waals surface area contributed by atoms with Gasteiger partial charge >= 0.3 is 0 Å². The van der Waals surface area contributed by atoms with Crippen LogP contribution in [0.2, 0.25) is 5.02 Å². The van der Waals surface area contributed by atoms with Crippen molar-refractivity contribution in [2.45, 2.75) is 16.9 Å². The predicted octanol–water partition coefficient (Wildman–Crippen LogP) is 5.88. The van der Waals surface area contributed by atoms with E-state index >= 15 is 0 Å². The van der Waals surface area contributed by atoms with E-state index in [-0.39, 0.29) is 0 Å². The number of hydrogen-bond donors (Lipinski definition) is 1. The lowest BCUT2D eigenvalue weighted by Gasteiger charge is -2.38. The van der Waals surface area contributed by atoms with Gasteiger partial charge in [-0.2, -0.15) is 5.26 Å². The minimum Gasteiger partial charge on any atom is -0.389 e. The van der Waals surface area contributed by atoms with Gasteiger partial charge in [-0.05, 0) is 12.1 Å². The van der Waals surface area contributed by atoms with E-state index in [4.69, 9.17) is 28.1 Å². The summed E-state index contributed by atoms with van der Waals surface area (Å²) in [5.74, 6) is 1.01. The van der Waals surface area contributed by atoms with E-state index < -0.39 is 6.10 Å². The first kappa shape index (κ1) is 22.8. The minimum absolute atomic E-state index is 0.315. The normalized spacial score (nSPS) is 13.4. The number of nitrogens with zero attached hydrogens (tertiary/aromatic N) is 6. The van der Waals surface area contributed by atoms with E-state index in [1.54, 1.807) is 23.0 Å². The number of hydrogen-bond acceptors (Lipinski definition) is 9. The second-order valence-corrected chi connectivity index (χ2v) is 10.6. The number of β-amino-alcohol motifs (C(OH)–C–C–N with tert-alkyl or cyclic N) is 1. The van der Waals surface area contributed by atoms with Crippen molar-refractivity contribution < 1.29 is 5.11 Å². The Kier molecular flexibility index (Phi) is 6.50. The van der Waals surface area contributed by atoms with E-state index in [0.29, 0.717) is 51.5 Å². The van der Waals surface area contributed by atoms with E-state index in [9.17, 15) is 10.4 Å². The van der Waals surface area contributed by atoms with Crippen LogP contribution in [0.15, 0.2) is 46.4 Å². The van der Waals surface area contributed by atoms with Crippen molar-refractivity contribution in [3.05, 3.63) is 69.1 Å². The largest absolute Gasteiger partial charge is 0.389 e. The molecule has 34 heavy (non-hydrogen) atoms. The van der Waals surface area contributed by atoms with Gasteiger partial charge in [-0.25, -0.2) is 14.8 Å². The number of anilines is 1. The van der Waals surface area contributed by atoms with Crippen molar-refractivity contribution in [1.29, 1.82) is 5.26 Å². The molecule has 0 saturated carbocycles. The first-order chi connectivity index (χ1) is 16.6. The first-order valence-corrected chi connectivity index (χ1v) is 13.2. The molecule has 4 heterocycles. The number of nitriles is 1. The Morgan fingerprint density at radius 3 is 2.71 bits per heavy atom. The topological polar surface area (TPSA) is 90.3 Å². The molecule has 11 heteroatoms. The third-order valence-electron chi connectivity index (χ3n) is 5.18. The fourth-order valence-electron chi connectivity index (χ4n) is 3.52. The zero-order valence-electron chi connectivity index (χ0n) is 17.5. The summed E-state index contributed by atoms with van der Waals surface area (Å²) in [4.78, 5) is 19.9. The summed E-state index contributed by atoms with van der Waals surface area (Å²) in [5, 5.41) is 23.9. The summed E-state index contributed by atoms with van der Waals surface area (Å²) in [6, 6.07) is 9.81.